The lowest BCUT2D eigenvalue weighted by atomic mass is 10.1. The predicted octanol–water partition coefficient (Wildman–Crippen LogP) is 2.51. The van der Waals surface area contributed by atoms with Crippen molar-refractivity contribution in [3.8, 4) is 0 Å². The van der Waals surface area contributed by atoms with Crippen molar-refractivity contribution >= 4 is 39.9 Å². The van der Waals surface area contributed by atoms with Gasteiger partial charge in [-0.3, -0.25) is 9.59 Å². The zero-order valence-electron chi connectivity index (χ0n) is 13.5. The number of nitrogens with one attached hydrogen (secondary N) is 2. The summed E-state index contributed by atoms with van der Waals surface area (Å²) in [6, 6.07) is 5.56. The molecule has 0 bridgehead atoms. The number of aryl methyl sites for hydroxylation is 1. The Labute approximate surface area is 143 Å². The smallest absolute Gasteiger partial charge is 0.358 e. The summed E-state index contributed by atoms with van der Waals surface area (Å²) in [6.07, 6.45) is 0. The minimum Gasteiger partial charge on any atom is -0.451 e. The Bertz CT molecular complexity index is 785. The Morgan fingerprint density at radius 3 is 2.67 bits per heavy atom. The minimum absolute atomic E-state index is 0.0447. The molecule has 0 saturated heterocycles. The van der Waals surface area contributed by atoms with Crippen LogP contribution in [0.25, 0.3) is 0 Å². The molecular weight excluding hydrogens is 330 g/mol. The van der Waals surface area contributed by atoms with E-state index < -0.39 is 18.5 Å². The summed E-state index contributed by atoms with van der Waals surface area (Å²) in [4.78, 5) is 38.6. The van der Waals surface area contributed by atoms with Crippen molar-refractivity contribution in [2.75, 3.05) is 17.2 Å². The van der Waals surface area contributed by atoms with Gasteiger partial charge in [-0.05, 0) is 31.0 Å². The van der Waals surface area contributed by atoms with Gasteiger partial charge < -0.3 is 15.4 Å². The van der Waals surface area contributed by atoms with Gasteiger partial charge in [-0.1, -0.05) is 12.1 Å². The first kappa shape index (κ1) is 17.6. The van der Waals surface area contributed by atoms with Crippen LogP contribution in [0.4, 0.5) is 10.8 Å². The second-order valence-electron chi connectivity index (χ2n) is 5.09. The van der Waals surface area contributed by atoms with Crippen molar-refractivity contribution < 1.29 is 19.1 Å². The number of carbonyl (C=O) groups is 3. The van der Waals surface area contributed by atoms with Crippen molar-refractivity contribution in [1.82, 2.24) is 4.98 Å². The number of rotatable bonds is 5. The van der Waals surface area contributed by atoms with Gasteiger partial charge in [0.25, 0.3) is 5.91 Å². The van der Waals surface area contributed by atoms with Gasteiger partial charge >= 0.3 is 5.97 Å². The van der Waals surface area contributed by atoms with Crippen LogP contribution >= 0.6 is 11.3 Å². The zero-order chi connectivity index (χ0) is 17.7. The van der Waals surface area contributed by atoms with E-state index >= 15 is 0 Å². The summed E-state index contributed by atoms with van der Waals surface area (Å²) in [6.45, 7) is 4.77. The Morgan fingerprint density at radius 1 is 1.21 bits per heavy atom. The summed E-state index contributed by atoms with van der Waals surface area (Å²) in [5, 5.41) is 6.92. The standard InChI is InChI=1S/C16H17N3O4S/c1-9-5-4-6-12(10(9)2)18-14(21)7-23-15(22)13-8-24-16(19-13)17-11(3)20/h4-6,8H,7H2,1-3H3,(H,18,21)(H,17,19,20). The molecule has 2 amide bonds. The highest BCUT2D eigenvalue weighted by Crippen LogP contribution is 2.18. The molecule has 0 saturated carbocycles. The van der Waals surface area contributed by atoms with Crippen LogP contribution in [0.1, 0.15) is 28.5 Å². The first-order valence-electron chi connectivity index (χ1n) is 7.13. The first-order chi connectivity index (χ1) is 11.4. The SMILES string of the molecule is CC(=O)Nc1nc(C(=O)OCC(=O)Nc2cccc(C)c2C)cs1. The predicted molar refractivity (Wildman–Crippen MR) is 91.2 cm³/mol. The number of anilines is 2. The van der Waals surface area contributed by atoms with Crippen LogP contribution in [-0.4, -0.2) is 29.4 Å². The molecule has 2 N–H and O–H groups in total. The average molecular weight is 347 g/mol. The molecule has 0 unspecified atom stereocenters. The van der Waals surface area contributed by atoms with Gasteiger partial charge in [0, 0.05) is 18.0 Å². The molecule has 0 aliphatic rings. The molecule has 1 heterocycles. The van der Waals surface area contributed by atoms with Crippen molar-refractivity contribution in [3.63, 3.8) is 0 Å². The highest BCUT2D eigenvalue weighted by atomic mass is 32.1. The van der Waals surface area contributed by atoms with Crippen molar-refractivity contribution in [2.45, 2.75) is 20.8 Å². The normalized spacial score (nSPS) is 10.1. The second-order valence-corrected chi connectivity index (χ2v) is 5.95. The van der Waals surface area contributed by atoms with Crippen LogP contribution in [0.2, 0.25) is 0 Å². The summed E-state index contributed by atoms with van der Waals surface area (Å²) in [5.74, 6) is -1.44. The van der Waals surface area contributed by atoms with Gasteiger partial charge in [-0.15, -0.1) is 11.3 Å². The first-order valence-corrected chi connectivity index (χ1v) is 8.01. The molecule has 24 heavy (non-hydrogen) atoms. The van der Waals surface area contributed by atoms with Gasteiger partial charge in [-0.25, -0.2) is 9.78 Å². The fraction of sp³-hybridized carbons (Fsp3) is 0.250. The Morgan fingerprint density at radius 2 is 1.96 bits per heavy atom. The van der Waals surface area contributed by atoms with Crippen molar-refractivity contribution in [2.24, 2.45) is 0 Å². The topological polar surface area (TPSA) is 97.4 Å². The summed E-state index contributed by atoms with van der Waals surface area (Å²) in [5.41, 5.74) is 2.73. The number of ether oxygens (including phenoxy) is 1. The Hall–Kier alpha value is -2.74. The minimum atomic E-state index is -0.723. The highest BCUT2D eigenvalue weighted by Gasteiger charge is 2.15. The number of carbonyl (C=O) groups excluding carboxylic acids is 3. The largest absolute Gasteiger partial charge is 0.451 e. The number of hydrogen-bond acceptors (Lipinski definition) is 6. The van der Waals surface area contributed by atoms with Gasteiger partial charge in [-0.2, -0.15) is 0 Å². The van der Waals surface area contributed by atoms with E-state index in [9.17, 15) is 14.4 Å². The number of amides is 2. The third kappa shape index (κ3) is 4.63. The molecule has 8 heteroatoms. The lowest BCUT2D eigenvalue weighted by Gasteiger charge is -2.10. The molecule has 7 nitrogen and oxygen atoms in total. The van der Waals surface area contributed by atoms with E-state index in [0.717, 1.165) is 22.5 Å². The number of nitrogens with zero attached hydrogens (tertiary/aromatic N) is 1. The van der Waals surface area contributed by atoms with Gasteiger partial charge in [0.05, 0.1) is 0 Å². The van der Waals surface area contributed by atoms with Crippen LogP contribution in [0, 0.1) is 13.8 Å². The maximum atomic E-state index is 11.9. The fourth-order valence-electron chi connectivity index (χ4n) is 1.85. The summed E-state index contributed by atoms with van der Waals surface area (Å²) < 4.78 is 4.93. The molecule has 0 fully saturated rings. The zero-order valence-corrected chi connectivity index (χ0v) is 14.3. The molecule has 1 aromatic heterocycles. The van der Waals surface area contributed by atoms with Crippen LogP contribution < -0.4 is 10.6 Å². The number of esters is 1. The second kappa shape index (κ2) is 7.69. The van der Waals surface area contributed by atoms with Crippen LogP contribution in [0.3, 0.4) is 0 Å². The third-order valence-corrected chi connectivity index (χ3v) is 3.97. The van der Waals surface area contributed by atoms with Gasteiger partial charge in [0.15, 0.2) is 17.4 Å². The molecule has 0 atom stereocenters. The summed E-state index contributed by atoms with van der Waals surface area (Å²) in [7, 11) is 0. The van der Waals surface area contributed by atoms with Gasteiger partial charge in [0.2, 0.25) is 5.91 Å². The molecular formula is C16H17N3O4S. The maximum Gasteiger partial charge on any atom is 0.358 e. The molecule has 2 aromatic rings. The molecule has 0 radical (unpaired) electrons. The van der Waals surface area contributed by atoms with E-state index in [-0.39, 0.29) is 11.6 Å². The molecule has 0 spiro atoms. The van der Waals surface area contributed by atoms with Crippen LogP contribution in [0.15, 0.2) is 23.6 Å². The lowest BCUT2D eigenvalue weighted by Crippen LogP contribution is -2.21. The van der Waals surface area contributed by atoms with Crippen LogP contribution in [0.5, 0.6) is 0 Å². The number of hydrogen-bond donors (Lipinski definition) is 2. The van der Waals surface area contributed by atoms with Crippen molar-refractivity contribution in [1.29, 1.82) is 0 Å². The fourth-order valence-corrected chi connectivity index (χ4v) is 2.58. The quantitative estimate of drug-likeness (QED) is 0.810. The molecule has 0 aliphatic heterocycles. The number of benzene rings is 1. The van der Waals surface area contributed by atoms with E-state index in [1.807, 2.05) is 26.0 Å². The number of aromatic nitrogens is 1. The Balaban J connectivity index is 1.89. The van der Waals surface area contributed by atoms with E-state index in [1.165, 1.54) is 12.3 Å². The Kier molecular flexibility index (Phi) is 5.64. The van der Waals surface area contributed by atoms with E-state index in [4.69, 9.17) is 4.74 Å². The molecule has 126 valence electrons. The highest BCUT2D eigenvalue weighted by molar-refractivity contribution is 7.14. The van der Waals surface area contributed by atoms with Crippen LogP contribution in [-0.2, 0) is 14.3 Å². The van der Waals surface area contributed by atoms with E-state index in [0.29, 0.717) is 10.8 Å². The molecule has 2 rings (SSSR count). The lowest BCUT2D eigenvalue weighted by molar-refractivity contribution is -0.119. The molecule has 0 aliphatic carbocycles. The summed E-state index contributed by atoms with van der Waals surface area (Å²) >= 11 is 1.10. The molecule has 1 aromatic carbocycles. The van der Waals surface area contributed by atoms with Gasteiger partial charge in [0.1, 0.15) is 0 Å². The number of thiazole rings is 1. The van der Waals surface area contributed by atoms with E-state index in [1.54, 1.807) is 6.07 Å². The van der Waals surface area contributed by atoms with Crippen molar-refractivity contribution in [3.05, 3.63) is 40.4 Å². The third-order valence-electron chi connectivity index (χ3n) is 3.21. The van der Waals surface area contributed by atoms with E-state index in [2.05, 4.69) is 15.6 Å². The monoisotopic (exact) mass is 347 g/mol. The average Bonchev–Trinajstić information content (AvgIpc) is 2.97. The maximum absolute atomic E-state index is 11.9.